The molecule has 0 fully saturated rings. The molecule has 8 nitrogen and oxygen atoms in total. The summed E-state index contributed by atoms with van der Waals surface area (Å²) in [5, 5.41) is 14.6. The number of nitrogens with one attached hydrogen (secondary N) is 1. The van der Waals surface area contributed by atoms with E-state index in [0.29, 0.717) is 23.7 Å². The van der Waals surface area contributed by atoms with E-state index < -0.39 is 0 Å². The standard InChI is InChI=1S/C18H15N7O/c26-18(16-7-4-8-17(23-16)24-12-19-20-13-24)22-15-9-21-25(11-15)10-14-5-2-1-3-6-14/h1-9,11-13H,10H2,(H,22,26). The lowest BCUT2D eigenvalue weighted by atomic mass is 10.2. The molecule has 0 spiro atoms. The number of carbonyl (C=O) groups excluding carboxylic acids is 1. The van der Waals surface area contributed by atoms with E-state index >= 15 is 0 Å². The van der Waals surface area contributed by atoms with Crippen LogP contribution < -0.4 is 5.32 Å². The summed E-state index contributed by atoms with van der Waals surface area (Å²) < 4.78 is 3.40. The van der Waals surface area contributed by atoms with Crippen molar-refractivity contribution in [2.75, 3.05) is 5.32 Å². The largest absolute Gasteiger partial charge is 0.318 e. The number of pyridine rings is 1. The maximum Gasteiger partial charge on any atom is 0.274 e. The van der Waals surface area contributed by atoms with Crippen molar-refractivity contribution in [3.8, 4) is 5.82 Å². The van der Waals surface area contributed by atoms with Gasteiger partial charge < -0.3 is 5.32 Å². The van der Waals surface area contributed by atoms with Gasteiger partial charge in [-0.2, -0.15) is 5.10 Å². The number of aromatic nitrogens is 6. The predicted octanol–water partition coefficient (Wildman–Crippen LogP) is 2.16. The van der Waals surface area contributed by atoms with Crippen molar-refractivity contribution in [2.24, 2.45) is 0 Å². The number of nitrogens with zero attached hydrogens (tertiary/aromatic N) is 6. The van der Waals surface area contributed by atoms with E-state index in [1.807, 2.05) is 30.3 Å². The molecule has 0 bridgehead atoms. The van der Waals surface area contributed by atoms with Crippen LogP contribution in [0.25, 0.3) is 5.82 Å². The zero-order valence-electron chi connectivity index (χ0n) is 13.7. The third kappa shape index (κ3) is 3.48. The molecule has 0 aliphatic rings. The Morgan fingerprint density at radius 1 is 1.00 bits per heavy atom. The monoisotopic (exact) mass is 345 g/mol. The molecule has 1 amide bonds. The van der Waals surface area contributed by atoms with Gasteiger partial charge in [-0.25, -0.2) is 4.98 Å². The average molecular weight is 345 g/mol. The highest BCUT2D eigenvalue weighted by Gasteiger charge is 2.10. The summed E-state index contributed by atoms with van der Waals surface area (Å²) >= 11 is 0. The zero-order chi connectivity index (χ0) is 17.8. The lowest BCUT2D eigenvalue weighted by Crippen LogP contribution is -2.14. The number of hydrogen-bond donors (Lipinski definition) is 1. The number of rotatable bonds is 5. The van der Waals surface area contributed by atoms with E-state index in [9.17, 15) is 4.79 Å². The number of amides is 1. The highest BCUT2D eigenvalue weighted by molar-refractivity contribution is 6.02. The Morgan fingerprint density at radius 3 is 2.62 bits per heavy atom. The van der Waals surface area contributed by atoms with Gasteiger partial charge in [0.25, 0.3) is 5.91 Å². The molecule has 0 aliphatic carbocycles. The van der Waals surface area contributed by atoms with E-state index in [2.05, 4.69) is 25.6 Å². The van der Waals surface area contributed by atoms with Gasteiger partial charge in [0.15, 0.2) is 0 Å². The van der Waals surface area contributed by atoms with Crippen molar-refractivity contribution in [1.29, 1.82) is 0 Å². The van der Waals surface area contributed by atoms with E-state index in [0.717, 1.165) is 5.56 Å². The van der Waals surface area contributed by atoms with Crippen molar-refractivity contribution in [3.05, 3.63) is 84.8 Å². The maximum absolute atomic E-state index is 12.5. The summed E-state index contributed by atoms with van der Waals surface area (Å²) in [5.41, 5.74) is 2.05. The Kier molecular flexibility index (Phi) is 4.21. The topological polar surface area (TPSA) is 90.5 Å². The van der Waals surface area contributed by atoms with E-state index in [1.54, 1.807) is 39.8 Å². The van der Waals surface area contributed by atoms with Crippen molar-refractivity contribution in [3.63, 3.8) is 0 Å². The highest BCUT2D eigenvalue weighted by atomic mass is 16.1. The van der Waals surface area contributed by atoms with Gasteiger partial charge in [0.05, 0.1) is 18.4 Å². The fourth-order valence-electron chi connectivity index (χ4n) is 2.49. The van der Waals surface area contributed by atoms with Gasteiger partial charge in [-0.3, -0.25) is 14.0 Å². The first-order valence-electron chi connectivity index (χ1n) is 7.98. The van der Waals surface area contributed by atoms with Crippen LogP contribution in [0.2, 0.25) is 0 Å². The van der Waals surface area contributed by atoms with Crippen LogP contribution in [0.5, 0.6) is 0 Å². The van der Waals surface area contributed by atoms with Crippen LogP contribution in [0.4, 0.5) is 5.69 Å². The Labute approximate surface area is 149 Å². The first kappa shape index (κ1) is 15.7. The lowest BCUT2D eigenvalue weighted by molar-refractivity contribution is 0.102. The third-order valence-electron chi connectivity index (χ3n) is 3.73. The number of anilines is 1. The fourth-order valence-corrected chi connectivity index (χ4v) is 2.49. The molecule has 0 saturated heterocycles. The summed E-state index contributed by atoms with van der Waals surface area (Å²) in [6.07, 6.45) is 6.45. The molecule has 1 N–H and O–H groups in total. The minimum atomic E-state index is -0.306. The molecular formula is C18H15N7O. The Morgan fingerprint density at radius 2 is 1.81 bits per heavy atom. The summed E-state index contributed by atoms with van der Waals surface area (Å²) in [4.78, 5) is 16.8. The van der Waals surface area contributed by atoms with E-state index in [1.165, 1.54) is 12.7 Å². The normalized spacial score (nSPS) is 10.6. The summed E-state index contributed by atoms with van der Waals surface area (Å²) in [6, 6.07) is 15.2. The van der Waals surface area contributed by atoms with Crippen molar-refractivity contribution < 1.29 is 4.79 Å². The highest BCUT2D eigenvalue weighted by Crippen LogP contribution is 2.11. The maximum atomic E-state index is 12.5. The van der Waals surface area contributed by atoms with E-state index in [4.69, 9.17) is 0 Å². The van der Waals surface area contributed by atoms with Gasteiger partial charge in [-0.05, 0) is 17.7 Å². The zero-order valence-corrected chi connectivity index (χ0v) is 13.7. The van der Waals surface area contributed by atoms with Crippen LogP contribution in [-0.4, -0.2) is 35.4 Å². The molecule has 3 aromatic heterocycles. The molecule has 3 heterocycles. The average Bonchev–Trinajstić information content (AvgIpc) is 3.35. The molecule has 0 unspecified atom stereocenters. The predicted molar refractivity (Wildman–Crippen MR) is 94.9 cm³/mol. The molecule has 0 aliphatic heterocycles. The SMILES string of the molecule is O=C(Nc1cnn(Cc2ccccc2)c1)c1cccc(-n2cnnc2)n1. The van der Waals surface area contributed by atoms with Crippen LogP contribution in [-0.2, 0) is 6.54 Å². The molecule has 4 rings (SSSR count). The van der Waals surface area contributed by atoms with Gasteiger partial charge in [0, 0.05) is 6.20 Å². The first-order valence-corrected chi connectivity index (χ1v) is 7.98. The smallest absolute Gasteiger partial charge is 0.274 e. The van der Waals surface area contributed by atoms with E-state index in [-0.39, 0.29) is 5.91 Å². The summed E-state index contributed by atoms with van der Waals surface area (Å²) in [5.74, 6) is 0.265. The minimum absolute atomic E-state index is 0.298. The second kappa shape index (κ2) is 6.98. The van der Waals surface area contributed by atoms with Crippen molar-refractivity contribution in [2.45, 2.75) is 6.54 Å². The molecule has 0 radical (unpaired) electrons. The Bertz CT molecular complexity index is 1010. The quantitative estimate of drug-likeness (QED) is 0.598. The Hall–Kier alpha value is -3.81. The summed E-state index contributed by atoms with van der Waals surface area (Å²) in [6.45, 7) is 0.637. The fraction of sp³-hybridized carbons (Fsp3) is 0.0556. The van der Waals surface area contributed by atoms with Gasteiger partial charge in [0.2, 0.25) is 0 Å². The second-order valence-electron chi connectivity index (χ2n) is 5.62. The van der Waals surface area contributed by atoms with Gasteiger partial charge >= 0.3 is 0 Å². The number of carbonyl (C=O) groups is 1. The molecule has 4 aromatic rings. The molecule has 0 saturated carbocycles. The van der Waals surface area contributed by atoms with Crippen LogP contribution in [0.1, 0.15) is 16.1 Å². The van der Waals surface area contributed by atoms with Crippen LogP contribution in [0.15, 0.2) is 73.6 Å². The van der Waals surface area contributed by atoms with Gasteiger partial charge in [-0.15, -0.1) is 10.2 Å². The number of benzene rings is 1. The molecule has 128 valence electrons. The van der Waals surface area contributed by atoms with Crippen LogP contribution >= 0.6 is 0 Å². The van der Waals surface area contributed by atoms with Gasteiger partial charge in [-0.1, -0.05) is 36.4 Å². The molecular weight excluding hydrogens is 330 g/mol. The minimum Gasteiger partial charge on any atom is -0.318 e. The lowest BCUT2D eigenvalue weighted by Gasteiger charge is -2.05. The third-order valence-corrected chi connectivity index (χ3v) is 3.73. The van der Waals surface area contributed by atoms with Crippen molar-refractivity contribution in [1.82, 2.24) is 29.5 Å². The van der Waals surface area contributed by atoms with Crippen LogP contribution in [0.3, 0.4) is 0 Å². The van der Waals surface area contributed by atoms with Crippen molar-refractivity contribution >= 4 is 11.6 Å². The molecule has 8 heteroatoms. The Balaban J connectivity index is 1.46. The summed E-state index contributed by atoms with van der Waals surface area (Å²) in [7, 11) is 0. The first-order chi connectivity index (χ1) is 12.8. The molecule has 26 heavy (non-hydrogen) atoms. The molecule has 1 aromatic carbocycles. The number of hydrogen-bond acceptors (Lipinski definition) is 5. The van der Waals surface area contributed by atoms with Gasteiger partial charge in [0.1, 0.15) is 24.2 Å². The second-order valence-corrected chi connectivity index (χ2v) is 5.62. The molecule has 0 atom stereocenters. The van der Waals surface area contributed by atoms with Crippen LogP contribution in [0, 0.1) is 0 Å².